The average Bonchev–Trinajstić information content (AvgIpc) is 2.95. The van der Waals surface area contributed by atoms with Crippen LogP contribution in [0.15, 0.2) is 36.4 Å². The summed E-state index contributed by atoms with van der Waals surface area (Å²) in [7, 11) is 6.26. The predicted molar refractivity (Wildman–Crippen MR) is 146 cm³/mol. The van der Waals surface area contributed by atoms with Crippen molar-refractivity contribution >= 4 is 22.8 Å². The molecule has 0 radical (unpaired) electrons. The minimum Gasteiger partial charge on any atom is -0.370 e. The summed E-state index contributed by atoms with van der Waals surface area (Å²) in [6.07, 6.45) is -0.319. The van der Waals surface area contributed by atoms with E-state index >= 15 is 0 Å². The van der Waals surface area contributed by atoms with Crippen molar-refractivity contribution in [1.82, 2.24) is 19.6 Å². The van der Waals surface area contributed by atoms with Gasteiger partial charge < -0.3 is 28.4 Å². The smallest absolute Gasteiger partial charge is 0.323 e. The lowest BCUT2D eigenvalue weighted by Gasteiger charge is -2.39. The molecule has 2 aliphatic rings. The van der Waals surface area contributed by atoms with Gasteiger partial charge in [0, 0.05) is 28.4 Å². The summed E-state index contributed by atoms with van der Waals surface area (Å²) in [5.41, 5.74) is 2.10. The summed E-state index contributed by atoms with van der Waals surface area (Å²) in [5.74, 6) is 0. The van der Waals surface area contributed by atoms with E-state index in [-0.39, 0.29) is 51.2 Å². The Morgan fingerprint density at radius 2 is 0.900 bits per heavy atom. The number of hydrogen-bond donors (Lipinski definition) is 0. The van der Waals surface area contributed by atoms with Crippen LogP contribution < -0.4 is 0 Å². The van der Waals surface area contributed by atoms with Gasteiger partial charge in [0.2, 0.25) is 0 Å². The van der Waals surface area contributed by atoms with Crippen LogP contribution in [0.5, 0.6) is 0 Å². The van der Waals surface area contributed by atoms with Gasteiger partial charge in [0.05, 0.1) is 51.6 Å². The highest BCUT2D eigenvalue weighted by molar-refractivity contribution is 5.83. The van der Waals surface area contributed by atoms with E-state index in [2.05, 4.69) is 36.4 Å². The Bertz CT molecular complexity index is 1010. The maximum Gasteiger partial charge on any atom is 0.323 e. The fraction of sp³-hybridized carbons (Fsp3) is 0.571. The fourth-order valence-corrected chi connectivity index (χ4v) is 5.03. The topological polar surface area (TPSA) is 102 Å². The summed E-state index contributed by atoms with van der Waals surface area (Å²) < 4.78 is 33.1. The number of hydrogen-bond acceptors (Lipinski definition) is 8. The molecule has 0 unspecified atom stereocenters. The van der Waals surface area contributed by atoms with Gasteiger partial charge in [-0.1, -0.05) is 24.3 Å². The van der Waals surface area contributed by atoms with Crippen LogP contribution in [0.3, 0.4) is 0 Å². The molecule has 2 fully saturated rings. The number of amides is 4. The summed E-state index contributed by atoms with van der Waals surface area (Å²) in [5, 5.41) is 2.21. The normalized spacial score (nSPS) is 17.5. The number of benzene rings is 2. The molecule has 12 nitrogen and oxygen atoms in total. The number of carbonyl (C=O) groups excluding carboxylic acids is 2. The minimum absolute atomic E-state index is 0.120. The van der Waals surface area contributed by atoms with Crippen molar-refractivity contribution in [2.45, 2.75) is 25.4 Å². The van der Waals surface area contributed by atoms with Crippen molar-refractivity contribution in [3.05, 3.63) is 47.5 Å². The molecular weight excluding hydrogens is 520 g/mol. The van der Waals surface area contributed by atoms with E-state index in [1.54, 1.807) is 48.0 Å². The number of rotatable bonds is 14. The van der Waals surface area contributed by atoms with Gasteiger partial charge in [-0.3, -0.25) is 19.6 Å². The van der Waals surface area contributed by atoms with Crippen molar-refractivity contribution in [3.8, 4) is 0 Å². The van der Waals surface area contributed by atoms with Gasteiger partial charge >= 0.3 is 12.1 Å². The van der Waals surface area contributed by atoms with Crippen LogP contribution in [0.2, 0.25) is 0 Å². The number of fused-ring (bicyclic) bond motifs is 1. The lowest BCUT2D eigenvalue weighted by Crippen LogP contribution is -2.57. The van der Waals surface area contributed by atoms with Crippen molar-refractivity contribution in [1.29, 1.82) is 0 Å². The van der Waals surface area contributed by atoms with Gasteiger partial charge in [0.1, 0.15) is 26.9 Å². The first-order valence-corrected chi connectivity index (χ1v) is 13.2. The van der Waals surface area contributed by atoms with Crippen molar-refractivity contribution < 1.29 is 38.0 Å². The molecule has 0 aliphatic carbocycles. The third-order valence-electron chi connectivity index (χ3n) is 6.86. The molecule has 12 heteroatoms. The standard InChI is InChI=1S/C28H40N4O8/c1-35-17-29-11-25(12-30(18-36-2)27(29)33)39-15-21-5-7-24-10-22(6-8-23(24)9-21)16-40-26-13-31(19-37-3)28(34)32(14-26)20-38-4/h5-10,25-26H,11-20H2,1-4H3. The van der Waals surface area contributed by atoms with E-state index in [1.807, 2.05) is 0 Å². The molecule has 4 rings (SSSR count). The molecule has 2 aromatic rings. The minimum atomic E-state index is -0.159. The highest BCUT2D eigenvalue weighted by Crippen LogP contribution is 2.22. The maximum atomic E-state index is 12.5. The largest absolute Gasteiger partial charge is 0.370 e. The van der Waals surface area contributed by atoms with Crippen molar-refractivity contribution in [2.24, 2.45) is 0 Å². The van der Waals surface area contributed by atoms with Crippen LogP contribution in [0.25, 0.3) is 10.8 Å². The Morgan fingerprint density at radius 3 is 1.20 bits per heavy atom. The van der Waals surface area contributed by atoms with Crippen LogP contribution >= 0.6 is 0 Å². The van der Waals surface area contributed by atoms with Crippen molar-refractivity contribution in [2.75, 3.05) is 81.5 Å². The summed E-state index contributed by atoms with van der Waals surface area (Å²) >= 11 is 0. The second-order valence-corrected chi connectivity index (χ2v) is 10.0. The first kappa shape index (κ1) is 30.0. The van der Waals surface area contributed by atoms with Crippen LogP contribution in [0, 0.1) is 0 Å². The Morgan fingerprint density at radius 1 is 0.575 bits per heavy atom. The first-order valence-electron chi connectivity index (χ1n) is 13.2. The second kappa shape index (κ2) is 14.6. The summed E-state index contributed by atoms with van der Waals surface area (Å²) in [6, 6.07) is 12.3. The van der Waals surface area contributed by atoms with Gasteiger partial charge in [-0.15, -0.1) is 0 Å². The molecule has 2 heterocycles. The number of urea groups is 2. The summed E-state index contributed by atoms with van der Waals surface area (Å²) in [6.45, 7) is 3.53. The van der Waals surface area contributed by atoms with Gasteiger partial charge in [-0.05, 0) is 34.0 Å². The lowest BCUT2D eigenvalue weighted by molar-refractivity contribution is -0.0593. The second-order valence-electron chi connectivity index (χ2n) is 10.0. The molecule has 0 aromatic heterocycles. The zero-order chi connectivity index (χ0) is 28.5. The van der Waals surface area contributed by atoms with Crippen LogP contribution in [0.1, 0.15) is 11.1 Å². The molecule has 2 aromatic carbocycles. The van der Waals surface area contributed by atoms with E-state index < -0.39 is 0 Å². The van der Waals surface area contributed by atoms with Crippen LogP contribution in [-0.4, -0.2) is 125 Å². The van der Waals surface area contributed by atoms with Gasteiger partial charge in [0.15, 0.2) is 0 Å². The number of ether oxygens (including phenoxy) is 6. The first-order chi connectivity index (χ1) is 19.4. The molecule has 0 spiro atoms. The van der Waals surface area contributed by atoms with E-state index in [1.165, 1.54) is 0 Å². The van der Waals surface area contributed by atoms with E-state index in [0.717, 1.165) is 21.9 Å². The highest BCUT2D eigenvalue weighted by atomic mass is 16.5. The zero-order valence-corrected chi connectivity index (χ0v) is 23.7. The van der Waals surface area contributed by atoms with Gasteiger partial charge in [-0.2, -0.15) is 0 Å². The molecule has 4 amide bonds. The fourth-order valence-electron chi connectivity index (χ4n) is 5.03. The van der Waals surface area contributed by atoms with E-state index in [9.17, 15) is 9.59 Å². The zero-order valence-electron chi connectivity index (χ0n) is 23.7. The Balaban J connectivity index is 1.33. The molecule has 2 saturated heterocycles. The molecule has 40 heavy (non-hydrogen) atoms. The van der Waals surface area contributed by atoms with Crippen LogP contribution in [-0.2, 0) is 41.6 Å². The van der Waals surface area contributed by atoms with Gasteiger partial charge in [-0.25, -0.2) is 9.59 Å². The Kier molecular flexibility index (Phi) is 10.9. The molecule has 0 atom stereocenters. The SMILES string of the molecule is COCN1CC(OCc2ccc3cc(COC4CN(COC)C(=O)N(COC)C4)ccc3c2)CN(COC)C1=O. The Hall–Kier alpha value is -3.00. The predicted octanol–water partition coefficient (Wildman–Crippen LogP) is 2.50. The number of nitrogens with zero attached hydrogens (tertiary/aromatic N) is 4. The molecule has 0 N–H and O–H groups in total. The molecule has 0 saturated carbocycles. The maximum absolute atomic E-state index is 12.5. The number of methoxy groups -OCH3 is 4. The monoisotopic (exact) mass is 560 g/mol. The average molecular weight is 561 g/mol. The molecule has 220 valence electrons. The highest BCUT2D eigenvalue weighted by Gasteiger charge is 2.33. The third kappa shape index (κ3) is 7.59. The lowest BCUT2D eigenvalue weighted by atomic mass is 10.0. The van der Waals surface area contributed by atoms with Gasteiger partial charge in [0.25, 0.3) is 0 Å². The van der Waals surface area contributed by atoms with Crippen molar-refractivity contribution in [3.63, 3.8) is 0 Å². The number of carbonyl (C=O) groups is 2. The molecule has 2 aliphatic heterocycles. The molecular formula is C28H40N4O8. The Labute approximate surface area is 235 Å². The molecule has 0 bridgehead atoms. The quantitative estimate of drug-likeness (QED) is 0.347. The summed E-state index contributed by atoms with van der Waals surface area (Å²) in [4.78, 5) is 31.5. The third-order valence-corrected chi connectivity index (χ3v) is 6.86. The van der Waals surface area contributed by atoms with E-state index in [0.29, 0.717) is 39.4 Å². The van der Waals surface area contributed by atoms with Crippen LogP contribution in [0.4, 0.5) is 9.59 Å². The van der Waals surface area contributed by atoms with E-state index in [4.69, 9.17) is 28.4 Å².